The van der Waals surface area contributed by atoms with Crippen LogP contribution in [0.15, 0.2) is 42.7 Å². The van der Waals surface area contributed by atoms with Gasteiger partial charge in [-0.2, -0.15) is 5.10 Å². The molecule has 0 fully saturated rings. The van der Waals surface area contributed by atoms with E-state index >= 15 is 0 Å². The number of aromatic nitrogens is 7. The molecule has 158 valence electrons. The predicted molar refractivity (Wildman–Crippen MR) is 129 cm³/mol. The van der Waals surface area contributed by atoms with Gasteiger partial charge in [0, 0.05) is 29.0 Å². The average Bonchev–Trinajstić information content (AvgIpc) is 3.55. The van der Waals surface area contributed by atoms with E-state index < -0.39 is 0 Å². The van der Waals surface area contributed by atoms with Crippen molar-refractivity contribution in [3.8, 4) is 33.3 Å². The van der Waals surface area contributed by atoms with Crippen molar-refractivity contribution in [2.45, 2.75) is 20.8 Å². The van der Waals surface area contributed by atoms with Gasteiger partial charge in [0.2, 0.25) is 0 Å². The first kappa shape index (κ1) is 18.9. The second kappa shape index (κ2) is 6.86. The zero-order chi connectivity index (χ0) is 22.0. The summed E-state index contributed by atoms with van der Waals surface area (Å²) in [6, 6.07) is 10.3. The smallest absolute Gasteiger partial charge is 0.135 e. The molecule has 6 heterocycles. The van der Waals surface area contributed by atoms with Gasteiger partial charge in [0.05, 0.1) is 39.4 Å². The number of imidazole rings is 1. The molecule has 0 radical (unpaired) electrons. The van der Waals surface area contributed by atoms with Crippen LogP contribution in [-0.2, 0) is 7.05 Å². The highest BCUT2D eigenvalue weighted by molar-refractivity contribution is 7.15. The molecule has 0 aliphatic rings. The van der Waals surface area contributed by atoms with Gasteiger partial charge in [0.1, 0.15) is 17.0 Å². The summed E-state index contributed by atoms with van der Waals surface area (Å²) in [5, 5.41) is 8.89. The Morgan fingerprint density at radius 3 is 2.56 bits per heavy atom. The van der Waals surface area contributed by atoms with Gasteiger partial charge in [-0.15, -0.1) is 11.3 Å². The Hall–Kier alpha value is -3.78. The average molecular weight is 440 g/mol. The Morgan fingerprint density at radius 1 is 0.938 bits per heavy atom. The molecule has 6 aromatic rings. The first-order valence-electron chi connectivity index (χ1n) is 10.4. The molecule has 0 unspecified atom stereocenters. The Morgan fingerprint density at radius 2 is 1.81 bits per heavy atom. The van der Waals surface area contributed by atoms with Gasteiger partial charge in [0.25, 0.3) is 0 Å². The molecular formula is C24H21N7S. The number of nitrogens with zero attached hydrogens (tertiary/aromatic N) is 5. The lowest BCUT2D eigenvalue weighted by atomic mass is 10.1. The lowest BCUT2D eigenvalue weighted by Crippen LogP contribution is -1.96. The van der Waals surface area contributed by atoms with Crippen LogP contribution in [0.3, 0.4) is 0 Å². The lowest BCUT2D eigenvalue weighted by Gasteiger charge is -2.04. The number of thiophene rings is 1. The van der Waals surface area contributed by atoms with E-state index in [-0.39, 0.29) is 0 Å². The molecule has 6 aromatic heterocycles. The summed E-state index contributed by atoms with van der Waals surface area (Å²) in [4.78, 5) is 20.1. The van der Waals surface area contributed by atoms with Crippen LogP contribution in [0.1, 0.15) is 16.3 Å². The number of aromatic amines is 2. The molecule has 8 heteroatoms. The molecule has 2 N–H and O–H groups in total. The fourth-order valence-corrected chi connectivity index (χ4v) is 5.11. The molecule has 0 spiro atoms. The highest BCUT2D eigenvalue weighted by Gasteiger charge is 2.20. The molecule has 32 heavy (non-hydrogen) atoms. The summed E-state index contributed by atoms with van der Waals surface area (Å²) in [5.74, 6) is 0.949. The fraction of sp³-hybridized carbons (Fsp3) is 0.167. The first-order chi connectivity index (χ1) is 15.5. The van der Waals surface area contributed by atoms with Crippen molar-refractivity contribution in [1.29, 1.82) is 0 Å². The summed E-state index contributed by atoms with van der Waals surface area (Å²) in [5.41, 5.74) is 8.50. The molecule has 0 aromatic carbocycles. The number of hydrogen-bond acceptors (Lipinski definition) is 5. The van der Waals surface area contributed by atoms with E-state index in [0.29, 0.717) is 0 Å². The topological polar surface area (TPSA) is 88.1 Å². The van der Waals surface area contributed by atoms with Crippen molar-refractivity contribution in [1.82, 2.24) is 34.7 Å². The fourth-order valence-electron chi connectivity index (χ4n) is 4.24. The number of nitrogens with one attached hydrogen (secondary N) is 2. The Bertz CT molecular complexity index is 1630. The number of H-pyrrole nitrogens is 2. The maximum absolute atomic E-state index is 4.96. The number of aryl methyl sites for hydroxylation is 3. The Kier molecular flexibility index (Phi) is 4.06. The molecule has 7 nitrogen and oxygen atoms in total. The van der Waals surface area contributed by atoms with E-state index in [9.17, 15) is 0 Å². The highest BCUT2D eigenvalue weighted by Crippen LogP contribution is 2.38. The third-order valence-electron chi connectivity index (χ3n) is 6.06. The van der Waals surface area contributed by atoms with Gasteiger partial charge in [-0.05, 0) is 56.7 Å². The van der Waals surface area contributed by atoms with Crippen molar-refractivity contribution in [3.05, 3.63) is 59.0 Å². The van der Waals surface area contributed by atoms with Gasteiger partial charge >= 0.3 is 0 Å². The van der Waals surface area contributed by atoms with Gasteiger partial charge in [0.15, 0.2) is 0 Å². The van der Waals surface area contributed by atoms with Crippen LogP contribution in [-0.4, -0.2) is 34.7 Å². The molecule has 0 aliphatic carbocycles. The van der Waals surface area contributed by atoms with Gasteiger partial charge in [-0.1, -0.05) is 0 Å². The van der Waals surface area contributed by atoms with E-state index in [1.807, 2.05) is 49.1 Å². The monoisotopic (exact) mass is 439 g/mol. The van der Waals surface area contributed by atoms with Gasteiger partial charge < -0.3 is 9.55 Å². The Labute approximate surface area is 188 Å². The number of rotatable bonds is 3. The van der Waals surface area contributed by atoms with Crippen LogP contribution < -0.4 is 0 Å². The second-order valence-corrected chi connectivity index (χ2v) is 9.32. The summed E-state index contributed by atoms with van der Waals surface area (Å²) >= 11 is 1.76. The predicted octanol–water partition coefficient (Wildman–Crippen LogP) is 5.56. The number of fused-ring (bicyclic) bond motifs is 2. The maximum Gasteiger partial charge on any atom is 0.135 e. The minimum absolute atomic E-state index is 0.808. The quantitative estimate of drug-likeness (QED) is 0.378. The minimum atomic E-state index is 0.808. The van der Waals surface area contributed by atoms with Crippen LogP contribution >= 0.6 is 11.3 Å². The molecule has 0 atom stereocenters. The molecule has 0 saturated heterocycles. The van der Waals surface area contributed by atoms with Crippen molar-refractivity contribution >= 4 is 33.3 Å². The molecule has 0 bridgehead atoms. The molecule has 0 amide bonds. The third-order valence-corrected chi connectivity index (χ3v) is 7.07. The minimum Gasteiger partial charge on any atom is -0.353 e. The standard InChI is InChI=1S/C24H21N7S/c1-12-5-8-19(32-12)23-20-13(2)21(28-16(20)9-10-25-23)24-22-17(29-30-24)7-6-15(27-22)18-11-26-14(3)31(18)4/h5-11,28H,1-4H3,(H,29,30). The zero-order valence-electron chi connectivity index (χ0n) is 18.2. The number of hydrogen-bond donors (Lipinski definition) is 2. The summed E-state index contributed by atoms with van der Waals surface area (Å²) in [6.45, 7) is 6.22. The van der Waals surface area contributed by atoms with Gasteiger partial charge in [-0.25, -0.2) is 9.97 Å². The van der Waals surface area contributed by atoms with Crippen LogP contribution in [0, 0.1) is 20.8 Å². The third kappa shape index (κ3) is 2.73. The van der Waals surface area contributed by atoms with Crippen LogP contribution in [0.5, 0.6) is 0 Å². The van der Waals surface area contributed by atoms with Crippen molar-refractivity contribution in [2.75, 3.05) is 0 Å². The van der Waals surface area contributed by atoms with Crippen molar-refractivity contribution in [3.63, 3.8) is 0 Å². The van der Waals surface area contributed by atoms with E-state index in [1.54, 1.807) is 11.3 Å². The normalized spacial score (nSPS) is 11.8. The van der Waals surface area contributed by atoms with E-state index in [1.165, 1.54) is 9.75 Å². The van der Waals surface area contributed by atoms with E-state index in [4.69, 9.17) is 9.97 Å². The van der Waals surface area contributed by atoms with Crippen LogP contribution in [0.25, 0.3) is 55.3 Å². The molecule has 6 rings (SSSR count). The van der Waals surface area contributed by atoms with Crippen molar-refractivity contribution in [2.24, 2.45) is 7.05 Å². The van der Waals surface area contributed by atoms with E-state index in [0.717, 1.165) is 61.8 Å². The zero-order valence-corrected chi connectivity index (χ0v) is 19.0. The summed E-state index contributed by atoms with van der Waals surface area (Å²) in [7, 11) is 2.00. The number of pyridine rings is 2. The molecule has 0 aliphatic heterocycles. The first-order valence-corrected chi connectivity index (χ1v) is 11.2. The van der Waals surface area contributed by atoms with Gasteiger partial charge in [-0.3, -0.25) is 10.1 Å². The van der Waals surface area contributed by atoms with Crippen LogP contribution in [0.4, 0.5) is 0 Å². The molecular weight excluding hydrogens is 418 g/mol. The maximum atomic E-state index is 4.96. The second-order valence-electron chi connectivity index (χ2n) is 8.03. The Balaban J connectivity index is 1.56. The summed E-state index contributed by atoms with van der Waals surface area (Å²) in [6.07, 6.45) is 3.72. The highest BCUT2D eigenvalue weighted by atomic mass is 32.1. The lowest BCUT2D eigenvalue weighted by molar-refractivity contribution is 0.862. The summed E-state index contributed by atoms with van der Waals surface area (Å²) < 4.78 is 2.04. The van der Waals surface area contributed by atoms with E-state index in [2.05, 4.69) is 46.1 Å². The largest absolute Gasteiger partial charge is 0.353 e. The SMILES string of the molecule is Cc1ccc(-c2nccc3[nH]c(-c4n[nH]c5ccc(-c6cnc(C)n6C)nc45)c(C)c23)s1. The van der Waals surface area contributed by atoms with Crippen molar-refractivity contribution < 1.29 is 0 Å². The molecule has 0 saturated carbocycles. The van der Waals surface area contributed by atoms with Crippen LogP contribution in [0.2, 0.25) is 0 Å².